The Labute approximate surface area is 146 Å². The molecule has 0 aliphatic carbocycles. The first-order valence-corrected chi connectivity index (χ1v) is 9.11. The van der Waals surface area contributed by atoms with Gasteiger partial charge in [-0.2, -0.15) is 0 Å². The van der Waals surface area contributed by atoms with Gasteiger partial charge < -0.3 is 9.80 Å². The highest BCUT2D eigenvalue weighted by atomic mass is 16.2. The van der Waals surface area contributed by atoms with E-state index in [1.807, 2.05) is 26.2 Å². The second-order valence-corrected chi connectivity index (χ2v) is 8.04. The molecule has 1 aromatic carbocycles. The molecule has 132 valence electrons. The predicted molar refractivity (Wildman–Crippen MR) is 98.0 cm³/mol. The molecule has 2 aliphatic heterocycles. The Morgan fingerprint density at radius 2 is 1.75 bits per heavy atom. The minimum Gasteiger partial charge on any atom is -0.341 e. The van der Waals surface area contributed by atoms with E-state index in [0.717, 1.165) is 31.5 Å². The maximum atomic E-state index is 13.2. The van der Waals surface area contributed by atoms with Crippen LogP contribution in [0.1, 0.15) is 36.4 Å². The molecule has 2 heterocycles. The van der Waals surface area contributed by atoms with Crippen molar-refractivity contribution in [2.75, 3.05) is 47.3 Å². The van der Waals surface area contributed by atoms with Crippen LogP contribution in [0, 0.1) is 12.3 Å². The lowest BCUT2D eigenvalue weighted by Crippen LogP contribution is -2.47. The molecule has 2 fully saturated rings. The van der Waals surface area contributed by atoms with Gasteiger partial charge in [0.25, 0.3) is 0 Å². The highest BCUT2D eigenvalue weighted by molar-refractivity contribution is 5.83. The lowest BCUT2D eigenvalue weighted by Gasteiger charge is -2.41. The van der Waals surface area contributed by atoms with E-state index in [1.165, 1.54) is 25.1 Å². The molecule has 1 amide bonds. The summed E-state index contributed by atoms with van der Waals surface area (Å²) in [7, 11) is 6.23. The quantitative estimate of drug-likeness (QED) is 0.853. The van der Waals surface area contributed by atoms with Gasteiger partial charge >= 0.3 is 0 Å². The van der Waals surface area contributed by atoms with E-state index < -0.39 is 0 Å². The summed E-state index contributed by atoms with van der Waals surface area (Å²) in [5.41, 5.74) is 2.78. The van der Waals surface area contributed by atoms with E-state index in [1.54, 1.807) is 0 Å². The Kier molecular flexibility index (Phi) is 4.97. The molecule has 24 heavy (non-hydrogen) atoms. The molecule has 4 nitrogen and oxygen atoms in total. The summed E-state index contributed by atoms with van der Waals surface area (Å²) in [6.45, 7) is 6.31. The van der Waals surface area contributed by atoms with E-state index >= 15 is 0 Å². The summed E-state index contributed by atoms with van der Waals surface area (Å²) in [6.07, 6.45) is 3.59. The SMILES string of the molecule is Cc1ccccc1C(C(=O)N1CCC2(CCN(C)C2)CC1)N(C)C. The first kappa shape index (κ1) is 17.4. The number of piperidine rings is 1. The van der Waals surface area contributed by atoms with Crippen molar-refractivity contribution in [3.63, 3.8) is 0 Å². The van der Waals surface area contributed by atoms with Crippen molar-refractivity contribution in [1.82, 2.24) is 14.7 Å². The number of likely N-dealkylation sites (tertiary alicyclic amines) is 2. The minimum absolute atomic E-state index is 0.175. The van der Waals surface area contributed by atoms with Gasteiger partial charge in [-0.25, -0.2) is 0 Å². The van der Waals surface area contributed by atoms with Crippen LogP contribution in [0.2, 0.25) is 0 Å². The molecule has 0 N–H and O–H groups in total. The van der Waals surface area contributed by atoms with Gasteiger partial charge in [-0.05, 0) is 70.4 Å². The lowest BCUT2D eigenvalue weighted by molar-refractivity contribution is -0.138. The van der Waals surface area contributed by atoms with E-state index in [4.69, 9.17) is 0 Å². The Hall–Kier alpha value is -1.39. The molecule has 0 radical (unpaired) electrons. The number of carbonyl (C=O) groups is 1. The zero-order valence-corrected chi connectivity index (χ0v) is 15.6. The van der Waals surface area contributed by atoms with Crippen molar-refractivity contribution in [3.8, 4) is 0 Å². The van der Waals surface area contributed by atoms with Gasteiger partial charge in [0.15, 0.2) is 0 Å². The van der Waals surface area contributed by atoms with Crippen molar-refractivity contribution >= 4 is 5.91 Å². The van der Waals surface area contributed by atoms with Crippen molar-refractivity contribution in [3.05, 3.63) is 35.4 Å². The summed E-state index contributed by atoms with van der Waals surface area (Å²) in [5, 5.41) is 0. The number of amides is 1. The van der Waals surface area contributed by atoms with Crippen molar-refractivity contribution in [2.24, 2.45) is 5.41 Å². The van der Waals surface area contributed by atoms with Crippen LogP contribution in [0.15, 0.2) is 24.3 Å². The zero-order chi connectivity index (χ0) is 17.3. The molecular formula is C20H31N3O. The number of carbonyl (C=O) groups excluding carboxylic acids is 1. The Balaban J connectivity index is 1.72. The maximum absolute atomic E-state index is 13.2. The molecule has 2 saturated heterocycles. The smallest absolute Gasteiger partial charge is 0.244 e. The first-order chi connectivity index (χ1) is 11.4. The third-order valence-electron chi connectivity index (χ3n) is 6.00. The molecule has 0 bridgehead atoms. The van der Waals surface area contributed by atoms with E-state index in [2.05, 4.69) is 40.8 Å². The standard InChI is InChI=1S/C20H31N3O/c1-16-7-5-6-8-17(16)18(21(2)3)19(24)23-13-10-20(11-14-23)9-12-22(4)15-20/h5-8,18H,9-15H2,1-4H3. The van der Waals surface area contributed by atoms with E-state index in [-0.39, 0.29) is 11.9 Å². The first-order valence-electron chi connectivity index (χ1n) is 9.11. The van der Waals surface area contributed by atoms with Crippen LogP contribution in [0.5, 0.6) is 0 Å². The average Bonchev–Trinajstić information content (AvgIpc) is 2.90. The summed E-state index contributed by atoms with van der Waals surface area (Å²) >= 11 is 0. The van der Waals surface area contributed by atoms with Crippen LogP contribution in [-0.4, -0.2) is 67.9 Å². The number of benzene rings is 1. The zero-order valence-electron chi connectivity index (χ0n) is 15.6. The molecular weight excluding hydrogens is 298 g/mol. The number of hydrogen-bond donors (Lipinski definition) is 0. The van der Waals surface area contributed by atoms with Crippen LogP contribution < -0.4 is 0 Å². The second kappa shape index (κ2) is 6.85. The molecule has 1 aromatic rings. The fraction of sp³-hybridized carbons (Fsp3) is 0.650. The van der Waals surface area contributed by atoms with E-state index in [0.29, 0.717) is 5.41 Å². The number of aryl methyl sites for hydroxylation is 1. The monoisotopic (exact) mass is 329 g/mol. The summed E-state index contributed by atoms with van der Waals surface area (Å²) in [5.74, 6) is 0.260. The van der Waals surface area contributed by atoms with E-state index in [9.17, 15) is 4.79 Å². The molecule has 0 saturated carbocycles. The lowest BCUT2D eigenvalue weighted by atomic mass is 9.77. The average molecular weight is 329 g/mol. The van der Waals surface area contributed by atoms with Gasteiger partial charge in [0.1, 0.15) is 6.04 Å². The maximum Gasteiger partial charge on any atom is 0.244 e. The number of hydrogen-bond acceptors (Lipinski definition) is 3. The molecule has 1 unspecified atom stereocenters. The van der Waals surface area contributed by atoms with Crippen LogP contribution in [-0.2, 0) is 4.79 Å². The summed E-state index contributed by atoms with van der Waals surface area (Å²) in [6, 6.07) is 8.09. The van der Waals surface area contributed by atoms with Gasteiger partial charge in [0.05, 0.1) is 0 Å². The number of likely N-dealkylation sites (N-methyl/N-ethyl adjacent to an activating group) is 1. The fourth-order valence-corrected chi connectivity index (χ4v) is 4.47. The predicted octanol–water partition coefficient (Wildman–Crippen LogP) is 2.54. The number of rotatable bonds is 3. The van der Waals surface area contributed by atoms with Gasteiger partial charge in [-0.3, -0.25) is 9.69 Å². The molecule has 2 aliphatic rings. The topological polar surface area (TPSA) is 26.8 Å². The largest absolute Gasteiger partial charge is 0.341 e. The molecule has 1 atom stereocenters. The van der Waals surface area contributed by atoms with Crippen LogP contribution in [0.4, 0.5) is 0 Å². The molecule has 0 aromatic heterocycles. The molecule has 4 heteroatoms. The van der Waals surface area contributed by atoms with Crippen LogP contribution in [0.25, 0.3) is 0 Å². The van der Waals surface area contributed by atoms with Gasteiger partial charge in [-0.1, -0.05) is 24.3 Å². The van der Waals surface area contributed by atoms with Crippen molar-refractivity contribution in [1.29, 1.82) is 0 Å². The molecule has 1 spiro atoms. The highest BCUT2D eigenvalue weighted by Gasteiger charge is 2.41. The third-order valence-corrected chi connectivity index (χ3v) is 6.00. The minimum atomic E-state index is -0.175. The number of nitrogens with zero attached hydrogens (tertiary/aromatic N) is 3. The van der Waals surface area contributed by atoms with Crippen LogP contribution >= 0.6 is 0 Å². The third kappa shape index (κ3) is 3.35. The van der Waals surface area contributed by atoms with Gasteiger partial charge in [0.2, 0.25) is 5.91 Å². The fourth-order valence-electron chi connectivity index (χ4n) is 4.47. The Morgan fingerprint density at radius 3 is 2.29 bits per heavy atom. The summed E-state index contributed by atoms with van der Waals surface area (Å²) < 4.78 is 0. The van der Waals surface area contributed by atoms with Crippen molar-refractivity contribution < 1.29 is 4.79 Å². The van der Waals surface area contributed by atoms with Crippen LogP contribution in [0.3, 0.4) is 0 Å². The Morgan fingerprint density at radius 1 is 1.12 bits per heavy atom. The highest BCUT2D eigenvalue weighted by Crippen LogP contribution is 2.40. The second-order valence-electron chi connectivity index (χ2n) is 8.04. The van der Waals surface area contributed by atoms with Gasteiger partial charge in [-0.15, -0.1) is 0 Å². The Bertz CT molecular complexity index is 590. The van der Waals surface area contributed by atoms with Gasteiger partial charge in [0, 0.05) is 19.6 Å². The summed E-state index contributed by atoms with van der Waals surface area (Å²) in [4.78, 5) is 19.8. The van der Waals surface area contributed by atoms with Crippen molar-refractivity contribution in [2.45, 2.75) is 32.2 Å². The normalized spacial score (nSPS) is 22.3. The molecule has 3 rings (SSSR count).